The highest BCUT2D eigenvalue weighted by Crippen LogP contribution is 1.99. The van der Waals surface area contributed by atoms with Crippen molar-refractivity contribution in [3.05, 3.63) is 0 Å². The van der Waals surface area contributed by atoms with E-state index in [1.54, 1.807) is 0 Å². The van der Waals surface area contributed by atoms with Crippen LogP contribution in [0.4, 0.5) is 0 Å². The van der Waals surface area contributed by atoms with Crippen LogP contribution < -0.4 is 0 Å². The second-order valence-corrected chi connectivity index (χ2v) is 2.75. The zero-order valence-electron chi connectivity index (χ0n) is 7.69. The van der Waals surface area contributed by atoms with Crippen molar-refractivity contribution >= 4 is 11.9 Å². The molecule has 5 nitrogen and oxygen atoms in total. The van der Waals surface area contributed by atoms with Crippen molar-refractivity contribution in [2.75, 3.05) is 13.2 Å². The average Bonchev–Trinajstić information content (AvgIpc) is 2.51. The number of hydrogen-bond donors (Lipinski definition) is 0. The van der Waals surface area contributed by atoms with Gasteiger partial charge in [-0.05, 0) is 6.42 Å². The first kappa shape index (κ1) is 9.83. The van der Waals surface area contributed by atoms with Gasteiger partial charge in [-0.2, -0.15) is 10.1 Å². The molecule has 0 spiro atoms. The highest BCUT2D eigenvalue weighted by molar-refractivity contribution is 5.96. The van der Waals surface area contributed by atoms with Crippen LogP contribution >= 0.6 is 0 Å². The number of amides is 1. The fraction of sp³-hybridized carbons (Fsp3) is 0.750. The Bertz CT molecular complexity index is 236. The lowest BCUT2D eigenvalue weighted by molar-refractivity contribution is -0.118. The van der Waals surface area contributed by atoms with Gasteiger partial charge in [0.2, 0.25) is 0 Å². The molecule has 1 amide bonds. The number of ether oxygens (including phenoxy) is 1. The van der Waals surface area contributed by atoms with Crippen molar-refractivity contribution in [2.24, 2.45) is 15.2 Å². The van der Waals surface area contributed by atoms with Crippen LogP contribution in [0.25, 0.3) is 0 Å². The summed E-state index contributed by atoms with van der Waals surface area (Å²) < 4.78 is 4.81. The van der Waals surface area contributed by atoms with Crippen LogP contribution in [-0.2, 0) is 9.53 Å². The van der Waals surface area contributed by atoms with Gasteiger partial charge in [0.1, 0.15) is 0 Å². The van der Waals surface area contributed by atoms with Gasteiger partial charge in [0, 0.05) is 0 Å². The molecule has 0 aromatic rings. The maximum Gasteiger partial charge on any atom is 0.339 e. The van der Waals surface area contributed by atoms with Gasteiger partial charge < -0.3 is 4.74 Å². The van der Waals surface area contributed by atoms with Crippen molar-refractivity contribution in [2.45, 2.75) is 26.2 Å². The van der Waals surface area contributed by atoms with Crippen LogP contribution in [0.5, 0.6) is 0 Å². The first-order valence-electron chi connectivity index (χ1n) is 4.44. The molecule has 72 valence electrons. The van der Waals surface area contributed by atoms with Crippen LogP contribution in [-0.4, -0.2) is 25.1 Å². The molecule has 5 heteroatoms. The fourth-order valence-electron chi connectivity index (χ4n) is 0.892. The Hall–Kier alpha value is -1.26. The zero-order chi connectivity index (χ0) is 9.52. The Morgan fingerprint density at radius 1 is 1.54 bits per heavy atom. The third kappa shape index (κ3) is 3.78. The Balaban J connectivity index is 2.17. The molecule has 0 aromatic carbocycles. The van der Waals surface area contributed by atoms with Crippen molar-refractivity contribution in [1.29, 1.82) is 0 Å². The summed E-state index contributed by atoms with van der Waals surface area (Å²) in [5.74, 6) is -0.289. The first-order valence-corrected chi connectivity index (χ1v) is 4.44. The van der Waals surface area contributed by atoms with Crippen LogP contribution in [0.15, 0.2) is 15.2 Å². The Morgan fingerprint density at radius 2 is 2.38 bits per heavy atom. The van der Waals surface area contributed by atoms with E-state index in [9.17, 15) is 4.79 Å². The third-order valence-electron chi connectivity index (χ3n) is 1.56. The molecule has 0 atom stereocenters. The standard InChI is InChI=1S/C8H13N3O2/c1-2-3-4-5-9-11-8-10-7(12)6-13-8/h2-6H2,1H3. The molecule has 0 radical (unpaired) electrons. The smallest absolute Gasteiger partial charge is 0.339 e. The lowest BCUT2D eigenvalue weighted by Gasteiger charge is -1.91. The normalized spacial score (nSPS) is 16.4. The summed E-state index contributed by atoms with van der Waals surface area (Å²) in [5.41, 5.74) is 0. The first-order chi connectivity index (χ1) is 6.33. The van der Waals surface area contributed by atoms with E-state index in [1.807, 2.05) is 0 Å². The van der Waals surface area contributed by atoms with Crippen LogP contribution in [0.2, 0.25) is 0 Å². The van der Waals surface area contributed by atoms with Gasteiger partial charge in [-0.25, -0.2) is 0 Å². The van der Waals surface area contributed by atoms with E-state index in [0.717, 1.165) is 19.3 Å². The maximum absolute atomic E-state index is 10.6. The van der Waals surface area contributed by atoms with E-state index in [2.05, 4.69) is 22.1 Å². The molecule has 1 heterocycles. The Labute approximate surface area is 76.9 Å². The van der Waals surface area contributed by atoms with Crippen molar-refractivity contribution in [3.8, 4) is 0 Å². The van der Waals surface area contributed by atoms with Crippen LogP contribution in [0, 0.1) is 0 Å². The van der Waals surface area contributed by atoms with Gasteiger partial charge in [-0.3, -0.25) is 4.79 Å². The van der Waals surface area contributed by atoms with Gasteiger partial charge in [0.25, 0.3) is 5.91 Å². The highest BCUT2D eigenvalue weighted by atomic mass is 16.5. The van der Waals surface area contributed by atoms with Crippen molar-refractivity contribution < 1.29 is 9.53 Å². The van der Waals surface area contributed by atoms with E-state index >= 15 is 0 Å². The number of carbonyl (C=O) groups is 1. The van der Waals surface area contributed by atoms with E-state index in [-0.39, 0.29) is 18.5 Å². The molecule has 0 aliphatic carbocycles. The molecule has 0 saturated heterocycles. The molecule has 0 aromatic heterocycles. The van der Waals surface area contributed by atoms with Crippen molar-refractivity contribution in [1.82, 2.24) is 0 Å². The average molecular weight is 183 g/mol. The number of hydrogen-bond acceptors (Lipinski definition) is 4. The summed E-state index contributed by atoms with van der Waals surface area (Å²) >= 11 is 0. The van der Waals surface area contributed by atoms with Gasteiger partial charge in [-0.1, -0.05) is 24.9 Å². The van der Waals surface area contributed by atoms with E-state index < -0.39 is 0 Å². The summed E-state index contributed by atoms with van der Waals surface area (Å²) in [6.07, 6.45) is 3.32. The summed E-state index contributed by atoms with van der Waals surface area (Å²) in [5, 5.41) is 7.52. The minimum Gasteiger partial charge on any atom is -0.452 e. The number of rotatable bonds is 4. The maximum atomic E-state index is 10.6. The highest BCUT2D eigenvalue weighted by Gasteiger charge is 2.13. The predicted octanol–water partition coefficient (Wildman–Crippen LogP) is 1.54. The summed E-state index contributed by atoms with van der Waals surface area (Å²) in [6, 6.07) is 0.0986. The summed E-state index contributed by atoms with van der Waals surface area (Å²) in [6.45, 7) is 2.80. The van der Waals surface area contributed by atoms with E-state index in [0.29, 0.717) is 6.54 Å². The molecular formula is C8H13N3O2. The second kappa shape index (κ2) is 5.40. The zero-order valence-corrected chi connectivity index (χ0v) is 7.69. The Morgan fingerprint density at radius 3 is 3.00 bits per heavy atom. The minimum absolute atomic E-state index is 0.00329. The van der Waals surface area contributed by atoms with Gasteiger partial charge in [-0.15, -0.1) is 0 Å². The number of azo groups is 1. The molecule has 1 aliphatic heterocycles. The van der Waals surface area contributed by atoms with Crippen LogP contribution in [0.3, 0.4) is 0 Å². The van der Waals surface area contributed by atoms with E-state index in [1.165, 1.54) is 0 Å². The number of carbonyl (C=O) groups excluding carboxylic acids is 1. The monoisotopic (exact) mass is 183 g/mol. The molecule has 0 N–H and O–H groups in total. The molecular weight excluding hydrogens is 170 g/mol. The largest absolute Gasteiger partial charge is 0.452 e. The van der Waals surface area contributed by atoms with Crippen LogP contribution in [0.1, 0.15) is 26.2 Å². The molecule has 0 fully saturated rings. The minimum atomic E-state index is -0.289. The lowest BCUT2D eigenvalue weighted by Crippen LogP contribution is -1.95. The number of amidine groups is 1. The molecule has 0 unspecified atom stereocenters. The summed E-state index contributed by atoms with van der Waals surface area (Å²) in [7, 11) is 0. The second-order valence-electron chi connectivity index (χ2n) is 2.75. The Kier molecular flexibility index (Phi) is 4.08. The quantitative estimate of drug-likeness (QED) is 0.490. The lowest BCUT2D eigenvalue weighted by atomic mass is 10.3. The summed E-state index contributed by atoms with van der Waals surface area (Å²) in [4.78, 5) is 14.1. The molecule has 1 aliphatic rings. The van der Waals surface area contributed by atoms with E-state index in [4.69, 9.17) is 4.74 Å². The van der Waals surface area contributed by atoms with Gasteiger partial charge in [0.15, 0.2) is 6.61 Å². The number of nitrogens with zero attached hydrogens (tertiary/aromatic N) is 3. The number of unbranched alkanes of at least 4 members (excludes halogenated alkanes) is 2. The molecule has 0 bridgehead atoms. The van der Waals surface area contributed by atoms with Gasteiger partial charge >= 0.3 is 6.02 Å². The molecule has 13 heavy (non-hydrogen) atoms. The topological polar surface area (TPSA) is 63.4 Å². The fourth-order valence-corrected chi connectivity index (χ4v) is 0.892. The SMILES string of the molecule is CCCCCN=NC1=NC(=O)CO1. The molecule has 1 rings (SSSR count). The third-order valence-corrected chi connectivity index (χ3v) is 1.56. The predicted molar refractivity (Wildman–Crippen MR) is 47.6 cm³/mol. The molecule has 0 saturated carbocycles. The van der Waals surface area contributed by atoms with Gasteiger partial charge in [0.05, 0.1) is 6.54 Å². The van der Waals surface area contributed by atoms with Crippen molar-refractivity contribution in [3.63, 3.8) is 0 Å². The number of aliphatic imine (C=N–C) groups is 1.